The summed E-state index contributed by atoms with van der Waals surface area (Å²) in [5, 5.41) is 8.98. The maximum atomic E-state index is 12.4. The van der Waals surface area contributed by atoms with Crippen molar-refractivity contribution in [2.45, 2.75) is 56.5 Å². The second-order valence-electron chi connectivity index (χ2n) is 9.15. The molecule has 0 spiro atoms. The lowest BCUT2D eigenvalue weighted by molar-refractivity contribution is -0.121. The molecule has 6 nitrogen and oxygen atoms in total. The van der Waals surface area contributed by atoms with Crippen molar-refractivity contribution in [3.8, 4) is 0 Å². The van der Waals surface area contributed by atoms with E-state index < -0.39 is 0 Å². The summed E-state index contributed by atoms with van der Waals surface area (Å²) in [6.07, 6.45) is 7.71. The molecule has 4 aliphatic carbocycles. The largest absolute Gasteiger partial charge is 0.354 e. The zero-order chi connectivity index (χ0) is 19.6. The first-order valence-corrected chi connectivity index (χ1v) is 10.6. The van der Waals surface area contributed by atoms with Crippen molar-refractivity contribution in [3.05, 3.63) is 35.9 Å². The first-order valence-electron chi connectivity index (χ1n) is 10.6. The highest BCUT2D eigenvalue weighted by Crippen LogP contribution is 2.55. The predicted octanol–water partition coefficient (Wildman–Crippen LogP) is 2.46. The molecule has 1 aromatic rings. The van der Waals surface area contributed by atoms with Gasteiger partial charge in [-0.1, -0.05) is 30.3 Å². The van der Waals surface area contributed by atoms with Crippen LogP contribution in [-0.4, -0.2) is 30.6 Å². The van der Waals surface area contributed by atoms with Crippen LogP contribution < -0.4 is 21.7 Å². The van der Waals surface area contributed by atoms with E-state index in [9.17, 15) is 9.59 Å². The molecule has 152 valence electrons. The van der Waals surface area contributed by atoms with E-state index in [1.165, 1.54) is 19.3 Å². The number of urea groups is 1. The van der Waals surface area contributed by atoms with Crippen LogP contribution in [0.25, 0.3) is 0 Å². The summed E-state index contributed by atoms with van der Waals surface area (Å²) in [4.78, 5) is 24.4. The van der Waals surface area contributed by atoms with Gasteiger partial charge in [-0.3, -0.25) is 4.79 Å². The molecule has 4 saturated carbocycles. The maximum Gasteiger partial charge on any atom is 0.315 e. The molecule has 0 aromatic heterocycles. The summed E-state index contributed by atoms with van der Waals surface area (Å²) in [6.45, 7) is 0.729. The zero-order valence-corrected chi connectivity index (χ0v) is 16.5. The van der Waals surface area contributed by atoms with E-state index in [4.69, 9.17) is 5.73 Å². The number of rotatable bonds is 7. The van der Waals surface area contributed by atoms with E-state index in [1.807, 2.05) is 30.3 Å². The Morgan fingerprint density at radius 1 is 1.00 bits per heavy atom. The van der Waals surface area contributed by atoms with Gasteiger partial charge in [0.05, 0.1) is 0 Å². The number of nitrogens with two attached hydrogens (primary N) is 1. The summed E-state index contributed by atoms with van der Waals surface area (Å²) in [6, 6.07) is 9.36. The molecule has 3 amide bonds. The maximum absolute atomic E-state index is 12.4. The van der Waals surface area contributed by atoms with E-state index in [1.54, 1.807) is 0 Å². The van der Waals surface area contributed by atoms with E-state index in [2.05, 4.69) is 16.0 Å². The van der Waals surface area contributed by atoms with Gasteiger partial charge in [-0.15, -0.1) is 0 Å². The van der Waals surface area contributed by atoms with Crippen LogP contribution >= 0.6 is 0 Å². The molecule has 5 N–H and O–H groups in total. The van der Waals surface area contributed by atoms with Crippen LogP contribution in [-0.2, 0) is 4.79 Å². The average Bonchev–Trinajstić information content (AvgIpc) is 2.65. The number of carbonyl (C=O) groups excluding carboxylic acids is 2. The molecule has 5 rings (SSSR count). The first-order chi connectivity index (χ1) is 13.5. The molecule has 1 atom stereocenters. The van der Waals surface area contributed by atoms with Crippen molar-refractivity contribution >= 4 is 11.9 Å². The molecule has 1 aromatic carbocycles. The number of hydrogen-bond donors (Lipinski definition) is 4. The van der Waals surface area contributed by atoms with Gasteiger partial charge in [0, 0.05) is 31.1 Å². The van der Waals surface area contributed by atoms with Gasteiger partial charge in [0.15, 0.2) is 0 Å². The van der Waals surface area contributed by atoms with Gasteiger partial charge in [0.25, 0.3) is 0 Å². The lowest BCUT2D eigenvalue weighted by Crippen LogP contribution is -2.61. The van der Waals surface area contributed by atoms with Gasteiger partial charge in [-0.25, -0.2) is 4.79 Å². The Morgan fingerprint density at radius 2 is 1.61 bits per heavy atom. The fourth-order valence-electron chi connectivity index (χ4n) is 5.97. The molecule has 0 aliphatic heterocycles. The topological polar surface area (TPSA) is 96.2 Å². The fourth-order valence-corrected chi connectivity index (χ4v) is 5.97. The number of hydrogen-bond acceptors (Lipinski definition) is 3. The molecule has 28 heavy (non-hydrogen) atoms. The third-order valence-corrected chi connectivity index (χ3v) is 6.80. The number of benzene rings is 1. The van der Waals surface area contributed by atoms with Crippen molar-refractivity contribution in [1.82, 2.24) is 16.0 Å². The van der Waals surface area contributed by atoms with Crippen LogP contribution in [0.5, 0.6) is 0 Å². The van der Waals surface area contributed by atoms with Gasteiger partial charge < -0.3 is 21.7 Å². The van der Waals surface area contributed by atoms with Crippen LogP contribution in [0.15, 0.2) is 30.3 Å². The molecule has 4 bridgehead atoms. The van der Waals surface area contributed by atoms with Crippen LogP contribution in [0.1, 0.15) is 56.6 Å². The molecule has 0 saturated heterocycles. The molecular formula is C22H32N4O2. The number of amides is 3. The minimum absolute atomic E-state index is 0.00352. The lowest BCUT2D eigenvalue weighted by Gasteiger charge is -2.56. The van der Waals surface area contributed by atoms with E-state index >= 15 is 0 Å². The Balaban J connectivity index is 1.15. The standard InChI is InChI=1S/C22H32N4O2/c23-19(18-4-2-1-3-5-18)14-25-20(27)6-7-24-21(28)26-22-11-15-8-16(12-22)10-17(9-15)13-22/h1-5,15-17,19H,6-14,23H2,(H,25,27)(H2,24,26,28). The molecule has 1 unspecified atom stereocenters. The molecule has 6 heteroatoms. The number of nitrogens with one attached hydrogen (secondary N) is 3. The van der Waals surface area contributed by atoms with Gasteiger partial charge >= 0.3 is 6.03 Å². The van der Waals surface area contributed by atoms with E-state index in [0.717, 1.165) is 42.6 Å². The lowest BCUT2D eigenvalue weighted by atomic mass is 9.53. The zero-order valence-electron chi connectivity index (χ0n) is 16.5. The van der Waals surface area contributed by atoms with Gasteiger partial charge in [-0.2, -0.15) is 0 Å². The molecule has 0 radical (unpaired) electrons. The number of carbonyl (C=O) groups is 2. The quantitative estimate of drug-likeness (QED) is 0.581. The van der Waals surface area contributed by atoms with Crippen LogP contribution in [0.2, 0.25) is 0 Å². The predicted molar refractivity (Wildman–Crippen MR) is 108 cm³/mol. The minimum atomic E-state index is -0.225. The highest BCUT2D eigenvalue weighted by molar-refractivity contribution is 5.78. The van der Waals surface area contributed by atoms with Gasteiger partial charge in [-0.05, 0) is 61.8 Å². The fraction of sp³-hybridized carbons (Fsp3) is 0.636. The van der Waals surface area contributed by atoms with Crippen molar-refractivity contribution < 1.29 is 9.59 Å². The summed E-state index contributed by atoms with van der Waals surface area (Å²) >= 11 is 0. The third-order valence-electron chi connectivity index (χ3n) is 6.80. The summed E-state index contributed by atoms with van der Waals surface area (Å²) in [7, 11) is 0. The summed E-state index contributed by atoms with van der Waals surface area (Å²) < 4.78 is 0. The average molecular weight is 385 g/mol. The molecule has 4 aliphatic rings. The highest BCUT2D eigenvalue weighted by atomic mass is 16.2. The monoisotopic (exact) mass is 384 g/mol. The second-order valence-corrected chi connectivity index (χ2v) is 9.15. The Labute approximate surface area is 167 Å². The second kappa shape index (κ2) is 8.11. The van der Waals surface area contributed by atoms with Crippen LogP contribution in [0.3, 0.4) is 0 Å². The molecule has 4 fully saturated rings. The third kappa shape index (κ3) is 4.49. The van der Waals surface area contributed by atoms with Gasteiger partial charge in [0.2, 0.25) is 5.91 Å². The summed E-state index contributed by atoms with van der Waals surface area (Å²) in [5.74, 6) is 2.30. The van der Waals surface area contributed by atoms with Crippen molar-refractivity contribution in [3.63, 3.8) is 0 Å². The normalized spacial score (nSPS) is 31.2. The summed E-state index contributed by atoms with van der Waals surface area (Å²) in [5.41, 5.74) is 7.09. The molecule has 0 heterocycles. The Bertz CT molecular complexity index is 670. The Morgan fingerprint density at radius 3 is 2.21 bits per heavy atom. The van der Waals surface area contributed by atoms with E-state index in [0.29, 0.717) is 13.1 Å². The molecular weight excluding hydrogens is 352 g/mol. The Kier molecular flexibility index (Phi) is 5.58. The van der Waals surface area contributed by atoms with E-state index in [-0.39, 0.29) is 29.9 Å². The first kappa shape index (κ1) is 19.2. The van der Waals surface area contributed by atoms with Crippen molar-refractivity contribution in [2.75, 3.05) is 13.1 Å². The van der Waals surface area contributed by atoms with Crippen LogP contribution in [0, 0.1) is 17.8 Å². The van der Waals surface area contributed by atoms with Crippen LogP contribution in [0.4, 0.5) is 4.79 Å². The SMILES string of the molecule is NC(CNC(=O)CCNC(=O)NC12CC3CC(CC(C3)C1)C2)c1ccccc1. The minimum Gasteiger partial charge on any atom is -0.354 e. The smallest absolute Gasteiger partial charge is 0.315 e. The van der Waals surface area contributed by atoms with Crippen molar-refractivity contribution in [2.24, 2.45) is 23.5 Å². The van der Waals surface area contributed by atoms with Gasteiger partial charge in [0.1, 0.15) is 0 Å². The van der Waals surface area contributed by atoms with Crippen molar-refractivity contribution in [1.29, 1.82) is 0 Å². The Hall–Kier alpha value is -2.08. The highest BCUT2D eigenvalue weighted by Gasteiger charge is 2.51.